The van der Waals surface area contributed by atoms with Crippen molar-refractivity contribution in [1.29, 1.82) is 0 Å². The van der Waals surface area contributed by atoms with Crippen molar-refractivity contribution in [3.63, 3.8) is 0 Å². The molecule has 4 aliphatic rings. The lowest BCUT2D eigenvalue weighted by Gasteiger charge is -2.57. The van der Waals surface area contributed by atoms with E-state index in [1.807, 2.05) is 0 Å². The second-order valence-electron chi connectivity index (χ2n) is 10.1. The third-order valence-electron chi connectivity index (χ3n) is 8.45. The van der Waals surface area contributed by atoms with Crippen LogP contribution in [0.1, 0.15) is 79.1 Å². The number of fused-ring (bicyclic) bond motifs is 5. The number of esters is 2. The molecule has 4 aliphatic carbocycles. The molecule has 4 rings (SSSR count). The first-order chi connectivity index (χ1) is 12.7. The Morgan fingerprint density at radius 1 is 1.00 bits per heavy atom. The molecule has 7 atom stereocenters. The number of allylic oxidation sites excluding steroid dienone is 1. The number of hydrogen-bond donors (Lipinski definition) is 0. The number of rotatable bonds is 2. The van der Waals surface area contributed by atoms with E-state index in [1.165, 1.54) is 32.3 Å². The van der Waals surface area contributed by atoms with Crippen molar-refractivity contribution in [2.24, 2.45) is 28.6 Å². The molecule has 7 unspecified atom stereocenters. The molecule has 0 radical (unpaired) electrons. The highest BCUT2D eigenvalue weighted by Gasteiger charge is 2.58. The van der Waals surface area contributed by atoms with Crippen molar-refractivity contribution >= 4 is 11.9 Å². The lowest BCUT2D eigenvalue weighted by Crippen LogP contribution is -2.49. The summed E-state index contributed by atoms with van der Waals surface area (Å²) in [6.45, 7) is 7.93. The van der Waals surface area contributed by atoms with Crippen LogP contribution in [-0.4, -0.2) is 24.1 Å². The lowest BCUT2D eigenvalue weighted by atomic mass is 9.48. The zero-order valence-electron chi connectivity index (χ0n) is 17.3. The molecular weight excluding hydrogens is 340 g/mol. The van der Waals surface area contributed by atoms with Gasteiger partial charge in [-0.25, -0.2) is 0 Å². The van der Waals surface area contributed by atoms with Gasteiger partial charge < -0.3 is 9.47 Å². The standard InChI is InChI=1S/C23H34O4/c1-14(24)26-17-7-10-23(4)16(11-17)5-6-19-20(23)8-9-22(3)13-18(12-21(19)22)27-15(2)25/h5,17-21H,6-13H2,1-4H3. The fourth-order valence-corrected chi connectivity index (χ4v) is 7.28. The maximum absolute atomic E-state index is 11.5. The summed E-state index contributed by atoms with van der Waals surface area (Å²) in [5.74, 6) is 1.77. The van der Waals surface area contributed by atoms with E-state index in [-0.39, 0.29) is 29.6 Å². The summed E-state index contributed by atoms with van der Waals surface area (Å²) in [4.78, 5) is 22.8. The van der Waals surface area contributed by atoms with E-state index in [1.54, 1.807) is 0 Å². The van der Waals surface area contributed by atoms with Gasteiger partial charge in [0, 0.05) is 20.3 Å². The van der Waals surface area contributed by atoms with Crippen LogP contribution >= 0.6 is 0 Å². The van der Waals surface area contributed by atoms with Crippen LogP contribution in [0.25, 0.3) is 0 Å². The Bertz CT molecular complexity index is 667. The van der Waals surface area contributed by atoms with Crippen LogP contribution in [-0.2, 0) is 19.1 Å². The van der Waals surface area contributed by atoms with Gasteiger partial charge in [-0.2, -0.15) is 0 Å². The molecule has 0 aliphatic heterocycles. The molecule has 0 aromatic rings. The Labute approximate surface area is 163 Å². The van der Waals surface area contributed by atoms with E-state index >= 15 is 0 Å². The quantitative estimate of drug-likeness (QED) is 0.514. The van der Waals surface area contributed by atoms with E-state index in [2.05, 4.69) is 19.9 Å². The Morgan fingerprint density at radius 2 is 1.70 bits per heavy atom. The molecule has 27 heavy (non-hydrogen) atoms. The molecule has 150 valence electrons. The Balaban J connectivity index is 1.54. The predicted molar refractivity (Wildman–Crippen MR) is 103 cm³/mol. The minimum absolute atomic E-state index is 0.0621. The van der Waals surface area contributed by atoms with Gasteiger partial charge in [0.05, 0.1) is 0 Å². The summed E-state index contributed by atoms with van der Waals surface area (Å²) in [6.07, 6.45) is 11.4. The first-order valence-electron chi connectivity index (χ1n) is 10.8. The second kappa shape index (κ2) is 6.63. The third kappa shape index (κ3) is 3.23. The molecule has 4 heteroatoms. The van der Waals surface area contributed by atoms with E-state index in [9.17, 15) is 9.59 Å². The Morgan fingerprint density at radius 3 is 2.41 bits per heavy atom. The number of hydrogen-bond acceptors (Lipinski definition) is 4. The van der Waals surface area contributed by atoms with Gasteiger partial charge in [-0.15, -0.1) is 0 Å². The normalized spacial score (nSPS) is 45.8. The Hall–Kier alpha value is -1.32. The molecule has 3 saturated carbocycles. The third-order valence-corrected chi connectivity index (χ3v) is 8.45. The smallest absolute Gasteiger partial charge is 0.302 e. The van der Waals surface area contributed by atoms with Crippen LogP contribution in [0, 0.1) is 28.6 Å². The predicted octanol–water partition coefficient (Wildman–Crippen LogP) is 4.81. The zero-order valence-corrected chi connectivity index (χ0v) is 17.3. The van der Waals surface area contributed by atoms with Gasteiger partial charge in [-0.1, -0.05) is 25.5 Å². The lowest BCUT2D eigenvalue weighted by molar-refractivity contribution is -0.149. The molecule has 4 nitrogen and oxygen atoms in total. The summed E-state index contributed by atoms with van der Waals surface area (Å²) in [6, 6.07) is 0. The molecule has 0 aromatic carbocycles. The molecule has 3 fully saturated rings. The largest absolute Gasteiger partial charge is 0.463 e. The molecule has 0 saturated heterocycles. The van der Waals surface area contributed by atoms with Crippen molar-refractivity contribution in [3.05, 3.63) is 11.6 Å². The average Bonchev–Trinajstić information content (AvgIpc) is 2.90. The van der Waals surface area contributed by atoms with E-state index in [0.29, 0.717) is 23.2 Å². The highest BCUT2D eigenvalue weighted by molar-refractivity contribution is 5.66. The van der Waals surface area contributed by atoms with Gasteiger partial charge in [0.1, 0.15) is 12.2 Å². The molecule has 0 N–H and O–H groups in total. The van der Waals surface area contributed by atoms with Crippen LogP contribution in [0.3, 0.4) is 0 Å². The first kappa shape index (κ1) is 19.0. The second-order valence-corrected chi connectivity index (χ2v) is 10.1. The monoisotopic (exact) mass is 374 g/mol. The molecule has 0 amide bonds. The van der Waals surface area contributed by atoms with Gasteiger partial charge in [0.15, 0.2) is 0 Å². The maximum Gasteiger partial charge on any atom is 0.302 e. The van der Waals surface area contributed by atoms with Crippen molar-refractivity contribution in [2.45, 2.75) is 91.3 Å². The summed E-state index contributed by atoms with van der Waals surface area (Å²) < 4.78 is 11.2. The van der Waals surface area contributed by atoms with Crippen molar-refractivity contribution in [1.82, 2.24) is 0 Å². The molecule has 0 bridgehead atoms. The number of ether oxygens (including phenoxy) is 2. The van der Waals surface area contributed by atoms with Gasteiger partial charge in [-0.05, 0) is 73.5 Å². The van der Waals surface area contributed by atoms with Crippen molar-refractivity contribution in [3.8, 4) is 0 Å². The van der Waals surface area contributed by atoms with Gasteiger partial charge in [0.2, 0.25) is 0 Å². The van der Waals surface area contributed by atoms with Gasteiger partial charge in [-0.3, -0.25) is 9.59 Å². The zero-order chi connectivity index (χ0) is 19.4. The highest BCUT2D eigenvalue weighted by atomic mass is 16.5. The summed E-state index contributed by atoms with van der Waals surface area (Å²) in [5.41, 5.74) is 2.10. The van der Waals surface area contributed by atoms with Gasteiger partial charge in [0.25, 0.3) is 0 Å². The van der Waals surface area contributed by atoms with Crippen LogP contribution in [0.4, 0.5) is 0 Å². The summed E-state index contributed by atoms with van der Waals surface area (Å²) in [7, 11) is 0. The van der Waals surface area contributed by atoms with Crippen molar-refractivity contribution < 1.29 is 19.1 Å². The molecule has 0 heterocycles. The minimum atomic E-state index is -0.159. The van der Waals surface area contributed by atoms with Crippen LogP contribution < -0.4 is 0 Å². The van der Waals surface area contributed by atoms with E-state index in [0.717, 1.165) is 38.5 Å². The van der Waals surface area contributed by atoms with Gasteiger partial charge >= 0.3 is 11.9 Å². The Kier molecular flexibility index (Phi) is 4.67. The average molecular weight is 375 g/mol. The minimum Gasteiger partial charge on any atom is -0.463 e. The van der Waals surface area contributed by atoms with Crippen LogP contribution in [0.15, 0.2) is 11.6 Å². The topological polar surface area (TPSA) is 52.6 Å². The SMILES string of the molecule is CC(=O)OC1CCC2(C)C(=CCC3C4CC(OC(C)=O)CC4(C)CCC32)C1. The summed E-state index contributed by atoms with van der Waals surface area (Å²) in [5, 5.41) is 0. The van der Waals surface area contributed by atoms with Crippen molar-refractivity contribution in [2.75, 3.05) is 0 Å². The fourth-order valence-electron chi connectivity index (χ4n) is 7.28. The van der Waals surface area contributed by atoms with Crippen LogP contribution in [0.2, 0.25) is 0 Å². The number of carbonyl (C=O) groups is 2. The highest BCUT2D eigenvalue weighted by Crippen LogP contribution is 2.65. The van der Waals surface area contributed by atoms with Crippen LogP contribution in [0.5, 0.6) is 0 Å². The molecule has 0 spiro atoms. The van der Waals surface area contributed by atoms with E-state index in [4.69, 9.17) is 9.47 Å². The fraction of sp³-hybridized carbons (Fsp3) is 0.826. The first-order valence-corrected chi connectivity index (χ1v) is 10.8. The molecular formula is C23H34O4. The number of carbonyl (C=O) groups excluding carboxylic acids is 2. The summed E-state index contributed by atoms with van der Waals surface area (Å²) >= 11 is 0. The molecule has 0 aromatic heterocycles. The van der Waals surface area contributed by atoms with E-state index < -0.39 is 0 Å². The maximum atomic E-state index is 11.5.